The number of carbonyl (C=O) groups is 2. The molecule has 0 aromatic rings. The summed E-state index contributed by atoms with van der Waals surface area (Å²) in [4.78, 5) is 25.5. The van der Waals surface area contributed by atoms with Gasteiger partial charge >= 0.3 is 0 Å². The molecule has 0 spiro atoms. The van der Waals surface area contributed by atoms with Crippen LogP contribution in [0.2, 0.25) is 0 Å². The first kappa shape index (κ1) is 14.7. The van der Waals surface area contributed by atoms with Crippen LogP contribution in [0.3, 0.4) is 0 Å². The summed E-state index contributed by atoms with van der Waals surface area (Å²) in [5.41, 5.74) is 0. The van der Waals surface area contributed by atoms with E-state index in [-0.39, 0.29) is 5.91 Å². The van der Waals surface area contributed by atoms with Gasteiger partial charge in [-0.15, -0.1) is 0 Å². The van der Waals surface area contributed by atoms with Crippen LogP contribution >= 0.6 is 0 Å². The van der Waals surface area contributed by atoms with E-state index in [1.807, 2.05) is 11.8 Å². The minimum Gasteiger partial charge on any atom is -0.343 e. The maximum atomic E-state index is 11.3. The Morgan fingerprint density at radius 2 is 2.06 bits per heavy atom. The molecule has 0 bridgehead atoms. The van der Waals surface area contributed by atoms with Crippen LogP contribution < -0.4 is 0 Å². The van der Waals surface area contributed by atoms with E-state index in [0.29, 0.717) is 18.2 Å². The fourth-order valence-electron chi connectivity index (χ4n) is 2.36. The fraction of sp³-hybridized carbons (Fsp3) is 0.714. The zero-order valence-electron chi connectivity index (χ0n) is 11.5. The van der Waals surface area contributed by atoms with Crippen molar-refractivity contribution in [3.63, 3.8) is 0 Å². The first-order valence-electron chi connectivity index (χ1n) is 6.84. The summed E-state index contributed by atoms with van der Waals surface area (Å²) in [7, 11) is 0. The number of rotatable bonds is 3. The highest BCUT2D eigenvalue weighted by molar-refractivity contribution is 5.80. The van der Waals surface area contributed by atoms with Crippen LogP contribution in [-0.2, 0) is 9.59 Å². The molecule has 0 N–H and O–H groups in total. The van der Waals surface area contributed by atoms with Crippen molar-refractivity contribution >= 4 is 11.8 Å². The Balaban J connectivity index is 0.000000184. The molecule has 2 heterocycles. The zero-order chi connectivity index (χ0) is 13.5. The van der Waals surface area contributed by atoms with Crippen LogP contribution in [0, 0.1) is 5.92 Å². The number of likely N-dealkylation sites (tertiary alicyclic amines) is 2. The van der Waals surface area contributed by atoms with Crippen molar-refractivity contribution in [2.24, 2.45) is 5.92 Å². The fourth-order valence-corrected chi connectivity index (χ4v) is 2.36. The van der Waals surface area contributed by atoms with Gasteiger partial charge in [-0.3, -0.25) is 9.59 Å². The Kier molecular flexibility index (Phi) is 5.89. The number of carbonyl (C=O) groups excluding carboxylic acids is 2. The van der Waals surface area contributed by atoms with Crippen molar-refractivity contribution < 1.29 is 9.59 Å². The lowest BCUT2D eigenvalue weighted by Gasteiger charge is -2.12. The minimum absolute atomic E-state index is 0.208. The van der Waals surface area contributed by atoms with E-state index in [4.69, 9.17) is 0 Å². The standard InChI is InChI=1S/C8H15NO.C6H9NO/c1-3-7-5-6-9(4-2)8(7)10;1-2-7-5-3-4-6(7)8/h7H,3-6H2,1-2H3;2H,1,3-5H2. The van der Waals surface area contributed by atoms with Crippen LogP contribution in [0.25, 0.3) is 0 Å². The van der Waals surface area contributed by atoms with E-state index in [9.17, 15) is 9.59 Å². The Morgan fingerprint density at radius 1 is 1.33 bits per heavy atom. The monoisotopic (exact) mass is 252 g/mol. The van der Waals surface area contributed by atoms with Gasteiger partial charge in [0.05, 0.1) is 0 Å². The van der Waals surface area contributed by atoms with Crippen LogP contribution in [-0.4, -0.2) is 41.2 Å². The van der Waals surface area contributed by atoms with Gasteiger partial charge in [0.25, 0.3) is 0 Å². The van der Waals surface area contributed by atoms with Gasteiger partial charge in [-0.2, -0.15) is 0 Å². The molecule has 1 atom stereocenters. The molecule has 1 unspecified atom stereocenters. The van der Waals surface area contributed by atoms with Crippen molar-refractivity contribution in [2.75, 3.05) is 19.6 Å². The lowest BCUT2D eigenvalue weighted by atomic mass is 10.1. The molecule has 102 valence electrons. The molecule has 2 aliphatic heterocycles. The normalized spacial score (nSPS) is 23.1. The van der Waals surface area contributed by atoms with Crippen molar-refractivity contribution in [2.45, 2.75) is 39.5 Å². The summed E-state index contributed by atoms with van der Waals surface area (Å²) in [5.74, 6) is 0.907. The van der Waals surface area contributed by atoms with Gasteiger partial charge in [-0.1, -0.05) is 13.5 Å². The van der Waals surface area contributed by atoms with E-state index in [0.717, 1.165) is 38.9 Å². The van der Waals surface area contributed by atoms with Gasteiger partial charge in [0, 0.05) is 32.0 Å². The van der Waals surface area contributed by atoms with Crippen LogP contribution in [0.5, 0.6) is 0 Å². The first-order chi connectivity index (χ1) is 8.63. The van der Waals surface area contributed by atoms with Gasteiger partial charge in [-0.25, -0.2) is 0 Å². The maximum absolute atomic E-state index is 11.3. The molecule has 4 heteroatoms. The summed E-state index contributed by atoms with van der Waals surface area (Å²) >= 11 is 0. The molecule has 2 saturated heterocycles. The average Bonchev–Trinajstić information content (AvgIpc) is 2.95. The average molecular weight is 252 g/mol. The van der Waals surface area contributed by atoms with Gasteiger partial charge in [0.15, 0.2) is 0 Å². The largest absolute Gasteiger partial charge is 0.343 e. The predicted molar refractivity (Wildman–Crippen MR) is 71.8 cm³/mol. The highest BCUT2D eigenvalue weighted by atomic mass is 16.2. The zero-order valence-corrected chi connectivity index (χ0v) is 11.5. The molecule has 2 amide bonds. The second-order valence-electron chi connectivity index (χ2n) is 4.69. The molecular formula is C14H24N2O2. The van der Waals surface area contributed by atoms with Crippen molar-refractivity contribution in [3.8, 4) is 0 Å². The second kappa shape index (κ2) is 7.19. The van der Waals surface area contributed by atoms with Crippen LogP contribution in [0.15, 0.2) is 12.8 Å². The Morgan fingerprint density at radius 3 is 2.33 bits per heavy atom. The van der Waals surface area contributed by atoms with E-state index < -0.39 is 0 Å². The van der Waals surface area contributed by atoms with Gasteiger partial charge in [0.2, 0.25) is 11.8 Å². The van der Waals surface area contributed by atoms with Crippen LogP contribution in [0.1, 0.15) is 39.5 Å². The highest BCUT2D eigenvalue weighted by Gasteiger charge is 2.28. The second-order valence-corrected chi connectivity index (χ2v) is 4.69. The lowest BCUT2D eigenvalue weighted by Crippen LogP contribution is -2.26. The SMILES string of the molecule is C=CN1CCCC1=O.CCC1CCN(CC)C1=O. The number of hydrogen-bond acceptors (Lipinski definition) is 2. The summed E-state index contributed by atoms with van der Waals surface area (Å²) in [5, 5.41) is 0. The minimum atomic E-state index is 0.208. The van der Waals surface area contributed by atoms with Gasteiger partial charge in [0.1, 0.15) is 0 Å². The summed E-state index contributed by atoms with van der Waals surface area (Å²) < 4.78 is 0. The molecule has 2 aliphatic rings. The lowest BCUT2D eigenvalue weighted by molar-refractivity contribution is -0.130. The topological polar surface area (TPSA) is 40.6 Å². The Hall–Kier alpha value is -1.32. The third-order valence-electron chi connectivity index (χ3n) is 3.61. The molecule has 2 rings (SSSR count). The maximum Gasteiger partial charge on any atom is 0.226 e. The van der Waals surface area contributed by atoms with E-state index >= 15 is 0 Å². The molecule has 4 nitrogen and oxygen atoms in total. The molecule has 0 aliphatic carbocycles. The third-order valence-corrected chi connectivity index (χ3v) is 3.61. The molecule has 0 radical (unpaired) electrons. The quantitative estimate of drug-likeness (QED) is 0.771. The number of amides is 2. The van der Waals surface area contributed by atoms with Crippen molar-refractivity contribution in [1.82, 2.24) is 9.80 Å². The van der Waals surface area contributed by atoms with E-state index in [2.05, 4.69) is 13.5 Å². The van der Waals surface area contributed by atoms with Gasteiger partial charge in [-0.05, 0) is 32.4 Å². The molecule has 2 fully saturated rings. The number of nitrogens with zero attached hydrogens (tertiary/aromatic N) is 2. The molecule has 0 aromatic carbocycles. The van der Waals surface area contributed by atoms with Crippen molar-refractivity contribution in [3.05, 3.63) is 12.8 Å². The Bertz CT molecular complexity index is 301. The van der Waals surface area contributed by atoms with Crippen molar-refractivity contribution in [1.29, 1.82) is 0 Å². The molecule has 0 saturated carbocycles. The Labute approximate surface area is 110 Å². The molecular weight excluding hydrogens is 228 g/mol. The van der Waals surface area contributed by atoms with Gasteiger partial charge < -0.3 is 9.80 Å². The number of hydrogen-bond donors (Lipinski definition) is 0. The third kappa shape index (κ3) is 3.59. The summed E-state index contributed by atoms with van der Waals surface area (Å²) in [6.45, 7) is 10.3. The van der Waals surface area contributed by atoms with Crippen LogP contribution in [0.4, 0.5) is 0 Å². The highest BCUT2D eigenvalue weighted by Crippen LogP contribution is 2.19. The van der Waals surface area contributed by atoms with E-state index in [1.165, 1.54) is 0 Å². The predicted octanol–water partition coefficient (Wildman–Crippen LogP) is 2.02. The molecule has 0 aromatic heterocycles. The summed E-state index contributed by atoms with van der Waals surface area (Å²) in [6, 6.07) is 0. The first-order valence-corrected chi connectivity index (χ1v) is 6.84. The smallest absolute Gasteiger partial charge is 0.226 e. The molecule has 18 heavy (non-hydrogen) atoms. The van der Waals surface area contributed by atoms with E-state index in [1.54, 1.807) is 11.1 Å². The summed E-state index contributed by atoms with van der Waals surface area (Å²) in [6.07, 6.45) is 5.37.